The predicted molar refractivity (Wildman–Crippen MR) is 132 cm³/mol. The third kappa shape index (κ3) is 5.95. The van der Waals surface area contributed by atoms with Crippen LogP contribution < -0.4 is 10.1 Å². The van der Waals surface area contributed by atoms with E-state index in [9.17, 15) is 13.6 Å². The van der Waals surface area contributed by atoms with E-state index in [-0.39, 0.29) is 11.9 Å². The standard InChI is InChI=1S/C26H30F2N4O2S/c27-24(28)16-34-26-31-22-15-32(14-11-23(22)35-26)13-10-17-6-8-18(9-7-17)30-25(33)20-3-1-5-21-19(20)4-2-12-29-21/h1-5,12,17-18,24H,6-11,13-16H2,(H,30,33)/t17-,18-. The summed E-state index contributed by atoms with van der Waals surface area (Å²) in [5, 5.41) is 4.49. The predicted octanol–water partition coefficient (Wildman–Crippen LogP) is 5.07. The highest BCUT2D eigenvalue weighted by Gasteiger charge is 2.26. The summed E-state index contributed by atoms with van der Waals surface area (Å²) in [6.07, 6.45) is 5.52. The van der Waals surface area contributed by atoms with Crippen molar-refractivity contribution in [2.24, 2.45) is 5.92 Å². The molecular formula is C26H30F2N4O2S. The van der Waals surface area contributed by atoms with Gasteiger partial charge in [0.05, 0.1) is 11.2 Å². The summed E-state index contributed by atoms with van der Waals surface area (Å²) in [5.74, 6) is 0.642. The van der Waals surface area contributed by atoms with Gasteiger partial charge in [-0.15, -0.1) is 0 Å². The lowest BCUT2D eigenvalue weighted by Gasteiger charge is -2.32. The van der Waals surface area contributed by atoms with Gasteiger partial charge >= 0.3 is 0 Å². The first-order valence-electron chi connectivity index (χ1n) is 12.3. The minimum atomic E-state index is -2.48. The maximum Gasteiger partial charge on any atom is 0.273 e. The average Bonchev–Trinajstić information content (AvgIpc) is 3.29. The maximum absolute atomic E-state index is 12.9. The summed E-state index contributed by atoms with van der Waals surface area (Å²) < 4.78 is 29.9. The van der Waals surface area contributed by atoms with Gasteiger partial charge in [-0.25, -0.2) is 13.8 Å². The highest BCUT2D eigenvalue weighted by molar-refractivity contribution is 7.13. The molecule has 3 heterocycles. The fraction of sp³-hybridized carbons (Fsp3) is 0.500. The molecule has 1 amide bonds. The van der Waals surface area contributed by atoms with Crippen molar-refractivity contribution in [2.45, 2.75) is 57.5 Å². The number of rotatable bonds is 8. The van der Waals surface area contributed by atoms with Gasteiger partial charge in [0.25, 0.3) is 17.5 Å². The lowest BCUT2D eigenvalue weighted by atomic mass is 9.84. The van der Waals surface area contributed by atoms with Crippen LogP contribution in [-0.2, 0) is 13.0 Å². The Balaban J connectivity index is 1.06. The first-order chi connectivity index (χ1) is 17.0. The lowest BCUT2D eigenvalue weighted by Crippen LogP contribution is -2.38. The number of carbonyl (C=O) groups is 1. The van der Waals surface area contributed by atoms with E-state index in [1.54, 1.807) is 6.20 Å². The number of carbonyl (C=O) groups excluding carboxylic acids is 1. The Kier molecular flexibility index (Phi) is 7.53. The molecule has 35 heavy (non-hydrogen) atoms. The maximum atomic E-state index is 12.9. The van der Waals surface area contributed by atoms with Gasteiger partial charge in [-0.1, -0.05) is 23.5 Å². The highest BCUT2D eigenvalue weighted by atomic mass is 32.1. The minimum absolute atomic E-state index is 0.0173. The molecule has 0 atom stereocenters. The Morgan fingerprint density at radius 2 is 2.06 bits per heavy atom. The number of benzene rings is 1. The summed E-state index contributed by atoms with van der Waals surface area (Å²) in [6.45, 7) is 2.14. The summed E-state index contributed by atoms with van der Waals surface area (Å²) >= 11 is 1.40. The largest absolute Gasteiger partial charge is 0.464 e. The van der Waals surface area contributed by atoms with E-state index < -0.39 is 13.0 Å². The van der Waals surface area contributed by atoms with Crippen molar-refractivity contribution in [3.8, 4) is 5.19 Å². The monoisotopic (exact) mass is 500 g/mol. The van der Waals surface area contributed by atoms with Crippen molar-refractivity contribution in [1.29, 1.82) is 0 Å². The molecule has 0 radical (unpaired) electrons. The fourth-order valence-corrected chi connectivity index (χ4v) is 6.06. The first-order valence-corrected chi connectivity index (χ1v) is 13.1. The number of fused-ring (bicyclic) bond motifs is 2. The number of ether oxygens (including phenoxy) is 1. The van der Waals surface area contributed by atoms with Crippen LogP contribution in [0.3, 0.4) is 0 Å². The Morgan fingerprint density at radius 3 is 2.89 bits per heavy atom. The molecule has 1 aliphatic heterocycles. The van der Waals surface area contributed by atoms with E-state index in [2.05, 4.69) is 20.2 Å². The van der Waals surface area contributed by atoms with Crippen LogP contribution in [-0.4, -0.2) is 52.9 Å². The highest BCUT2D eigenvalue weighted by Crippen LogP contribution is 2.32. The summed E-state index contributed by atoms with van der Waals surface area (Å²) in [4.78, 5) is 25.3. The van der Waals surface area contributed by atoms with Crippen LogP contribution in [0.2, 0.25) is 0 Å². The SMILES string of the molecule is O=C(N[C@H]1CC[C@H](CCN2CCc3sc(OCC(F)F)nc3C2)CC1)c1cccc2ncccc12. The Hall–Kier alpha value is -2.65. The van der Waals surface area contributed by atoms with Crippen molar-refractivity contribution < 1.29 is 18.3 Å². The van der Waals surface area contributed by atoms with Gasteiger partial charge in [0, 0.05) is 41.2 Å². The van der Waals surface area contributed by atoms with Crippen LogP contribution in [0.15, 0.2) is 36.5 Å². The average molecular weight is 501 g/mol. The quantitative estimate of drug-likeness (QED) is 0.468. The molecule has 9 heteroatoms. The second-order valence-electron chi connectivity index (χ2n) is 9.43. The third-order valence-corrected chi connectivity index (χ3v) is 8.12. The van der Waals surface area contributed by atoms with Gasteiger partial charge in [-0.3, -0.25) is 14.7 Å². The molecule has 1 fully saturated rings. The number of thiazole rings is 1. The molecule has 0 spiro atoms. The Labute approximate surface area is 207 Å². The number of nitrogens with one attached hydrogen (secondary N) is 1. The zero-order valence-electron chi connectivity index (χ0n) is 19.6. The van der Waals surface area contributed by atoms with Gasteiger partial charge in [-0.05, 0) is 69.2 Å². The van der Waals surface area contributed by atoms with Crippen LogP contribution in [0.25, 0.3) is 10.9 Å². The number of nitrogens with zero attached hydrogens (tertiary/aromatic N) is 3. The number of hydrogen-bond acceptors (Lipinski definition) is 6. The molecule has 3 aromatic rings. The van der Waals surface area contributed by atoms with Crippen molar-refractivity contribution >= 4 is 28.1 Å². The number of hydrogen-bond donors (Lipinski definition) is 1. The Bertz CT molecular complexity index is 1160. The minimum Gasteiger partial charge on any atom is -0.464 e. The van der Waals surface area contributed by atoms with E-state index in [0.717, 1.165) is 79.6 Å². The van der Waals surface area contributed by atoms with E-state index in [1.807, 2.05) is 30.3 Å². The van der Waals surface area contributed by atoms with Crippen molar-refractivity contribution in [1.82, 2.24) is 20.2 Å². The van der Waals surface area contributed by atoms with Crippen LogP contribution in [0, 0.1) is 5.92 Å². The molecule has 0 saturated heterocycles. The molecule has 1 aliphatic carbocycles. The van der Waals surface area contributed by atoms with Crippen molar-refractivity contribution in [2.75, 3.05) is 19.7 Å². The van der Waals surface area contributed by atoms with E-state index in [1.165, 1.54) is 11.3 Å². The van der Waals surface area contributed by atoms with Gasteiger partial charge < -0.3 is 10.1 Å². The zero-order chi connectivity index (χ0) is 24.2. The molecule has 1 N–H and O–H groups in total. The second-order valence-corrected chi connectivity index (χ2v) is 10.5. The Morgan fingerprint density at radius 1 is 1.20 bits per heavy atom. The van der Waals surface area contributed by atoms with Crippen LogP contribution >= 0.6 is 11.3 Å². The molecule has 1 saturated carbocycles. The van der Waals surface area contributed by atoms with Gasteiger partial charge in [0.15, 0.2) is 6.61 Å². The normalized spacial score (nSPS) is 20.7. The number of aromatic nitrogens is 2. The molecule has 1 aromatic carbocycles. The molecule has 186 valence electrons. The van der Waals surface area contributed by atoms with E-state index in [0.29, 0.717) is 16.7 Å². The fourth-order valence-electron chi connectivity index (χ4n) is 5.14. The first kappa shape index (κ1) is 24.1. The summed E-state index contributed by atoms with van der Waals surface area (Å²) in [5.41, 5.74) is 2.50. The van der Waals surface area contributed by atoms with Gasteiger partial charge in [0.1, 0.15) is 0 Å². The zero-order valence-corrected chi connectivity index (χ0v) is 20.4. The molecule has 0 unspecified atom stereocenters. The van der Waals surface area contributed by atoms with Gasteiger partial charge in [0.2, 0.25) is 0 Å². The van der Waals surface area contributed by atoms with Crippen molar-refractivity contribution in [3.05, 3.63) is 52.7 Å². The topological polar surface area (TPSA) is 67.4 Å². The third-order valence-electron chi connectivity index (χ3n) is 7.05. The second kappa shape index (κ2) is 11.0. The van der Waals surface area contributed by atoms with E-state index >= 15 is 0 Å². The lowest BCUT2D eigenvalue weighted by molar-refractivity contribution is 0.0815. The summed E-state index contributed by atoms with van der Waals surface area (Å²) in [7, 11) is 0. The number of amides is 1. The van der Waals surface area contributed by atoms with Crippen LogP contribution in [0.1, 0.15) is 53.0 Å². The van der Waals surface area contributed by atoms with E-state index in [4.69, 9.17) is 4.74 Å². The van der Waals surface area contributed by atoms with Crippen LogP contribution in [0.4, 0.5) is 8.78 Å². The van der Waals surface area contributed by atoms with Gasteiger partial charge in [-0.2, -0.15) is 0 Å². The molecule has 0 bridgehead atoms. The molecule has 5 rings (SSSR count). The number of alkyl halides is 2. The molecule has 2 aromatic heterocycles. The smallest absolute Gasteiger partial charge is 0.273 e. The van der Waals surface area contributed by atoms with Crippen molar-refractivity contribution in [3.63, 3.8) is 0 Å². The molecular weight excluding hydrogens is 470 g/mol. The molecule has 2 aliphatic rings. The number of halogens is 2. The summed E-state index contributed by atoms with van der Waals surface area (Å²) in [6, 6.07) is 9.70. The van der Waals surface area contributed by atoms with Crippen LogP contribution in [0.5, 0.6) is 5.19 Å². The molecule has 6 nitrogen and oxygen atoms in total. The number of pyridine rings is 1.